The number of ketones is 1. The molecule has 1 aromatic carbocycles. The first-order valence-electron chi connectivity index (χ1n) is 13.7. The van der Waals surface area contributed by atoms with E-state index >= 15 is 0 Å². The Morgan fingerprint density at radius 2 is 1.72 bits per heavy atom. The van der Waals surface area contributed by atoms with E-state index in [-0.39, 0.29) is 35.1 Å². The van der Waals surface area contributed by atoms with Crippen molar-refractivity contribution in [2.24, 2.45) is 5.41 Å². The Morgan fingerprint density at radius 1 is 1.11 bits per heavy atom. The highest BCUT2D eigenvalue weighted by atomic mass is 28.4. The van der Waals surface area contributed by atoms with Crippen LogP contribution >= 0.6 is 0 Å². The van der Waals surface area contributed by atoms with Gasteiger partial charge in [0.15, 0.2) is 14.1 Å². The number of phenols is 2. The largest absolute Gasteiger partial charge is 0.507 e. The number of phenolic OH excluding ortho intramolecular Hbond substituents is 2. The lowest BCUT2D eigenvalue weighted by Gasteiger charge is -2.49. The van der Waals surface area contributed by atoms with Crippen molar-refractivity contribution in [3.8, 4) is 11.5 Å². The Bertz CT molecular complexity index is 974. The van der Waals surface area contributed by atoms with Gasteiger partial charge in [-0.15, -0.1) is 6.58 Å². The molecule has 0 bridgehead atoms. The van der Waals surface area contributed by atoms with Gasteiger partial charge >= 0.3 is 0 Å². The third-order valence-electron chi connectivity index (χ3n) is 8.59. The first-order valence-corrected chi connectivity index (χ1v) is 15.8. The van der Waals surface area contributed by atoms with Crippen LogP contribution in [0.15, 0.2) is 30.4 Å². The molecule has 1 saturated heterocycles. The van der Waals surface area contributed by atoms with E-state index in [0.717, 1.165) is 24.8 Å². The summed E-state index contributed by atoms with van der Waals surface area (Å²) in [5, 5.41) is 21.1. The molecule has 0 radical (unpaired) electrons. The first kappa shape index (κ1) is 28.7. The molecular formula is C30H46O5Si. The average molecular weight is 515 g/mol. The minimum absolute atomic E-state index is 0.0100. The molecule has 6 heteroatoms. The number of Topliss-reactive ketones (excluding diaryl/α,β-unsaturated/α-hetero) is 1. The minimum atomic E-state index is -1.98. The third-order valence-corrected chi connectivity index (χ3v) is 14.7. The summed E-state index contributed by atoms with van der Waals surface area (Å²) in [6.07, 6.45) is 6.69. The zero-order valence-electron chi connectivity index (χ0n) is 23.3. The van der Waals surface area contributed by atoms with Crippen molar-refractivity contribution in [3.63, 3.8) is 0 Å². The van der Waals surface area contributed by atoms with Gasteiger partial charge in [0.05, 0.1) is 23.2 Å². The number of ether oxygens (including phenoxy) is 1. The van der Waals surface area contributed by atoms with Crippen LogP contribution < -0.4 is 0 Å². The van der Waals surface area contributed by atoms with E-state index in [1.54, 1.807) is 6.08 Å². The standard InChI is InChI=1S/C30H46O5Si/c1-9-11-27-30(15-10-2)22(18-24-25(31)12-13-26(32)28(24)29(30)33)17-23(35-27)14-16-34-36(19(3)4,20(5)6)21(7)8/h10,12-13,18-21,23,27,31-32H,2,9,11,14-17H2,1,3-8H3/t23-,27-,30-/m1/s1. The van der Waals surface area contributed by atoms with E-state index in [2.05, 4.69) is 55.0 Å². The molecule has 3 atom stereocenters. The molecule has 0 spiro atoms. The number of carbonyl (C=O) groups excluding carboxylic acids is 1. The summed E-state index contributed by atoms with van der Waals surface area (Å²) in [5.41, 5.74) is 2.22. The van der Waals surface area contributed by atoms with Crippen molar-refractivity contribution in [1.82, 2.24) is 0 Å². The number of fused-ring (bicyclic) bond motifs is 2. The van der Waals surface area contributed by atoms with Gasteiger partial charge in [-0.2, -0.15) is 0 Å². The van der Waals surface area contributed by atoms with Gasteiger partial charge in [-0.3, -0.25) is 4.79 Å². The average Bonchev–Trinajstić information content (AvgIpc) is 2.80. The van der Waals surface area contributed by atoms with E-state index in [0.29, 0.717) is 41.6 Å². The van der Waals surface area contributed by atoms with Gasteiger partial charge in [0.1, 0.15) is 11.5 Å². The molecule has 1 aliphatic heterocycles. The van der Waals surface area contributed by atoms with Crippen LogP contribution in [-0.4, -0.2) is 43.1 Å². The summed E-state index contributed by atoms with van der Waals surface area (Å²) in [6, 6.07) is 2.83. The number of benzene rings is 1. The highest BCUT2D eigenvalue weighted by Crippen LogP contribution is 2.54. The number of rotatable bonds is 11. The van der Waals surface area contributed by atoms with E-state index in [1.165, 1.54) is 12.1 Å². The summed E-state index contributed by atoms with van der Waals surface area (Å²) < 4.78 is 13.5. The lowest BCUT2D eigenvalue weighted by molar-refractivity contribution is -0.0946. The molecule has 2 N–H and O–H groups in total. The molecule has 3 rings (SSSR count). The molecule has 0 amide bonds. The van der Waals surface area contributed by atoms with Crippen molar-refractivity contribution >= 4 is 20.2 Å². The molecule has 0 saturated carbocycles. The highest BCUT2D eigenvalue weighted by molar-refractivity contribution is 6.77. The third kappa shape index (κ3) is 4.72. The van der Waals surface area contributed by atoms with Crippen molar-refractivity contribution in [2.45, 2.75) is 109 Å². The predicted octanol–water partition coefficient (Wildman–Crippen LogP) is 7.78. The summed E-state index contributed by atoms with van der Waals surface area (Å²) in [7, 11) is -1.98. The fraction of sp³-hybridized carbons (Fsp3) is 0.633. The van der Waals surface area contributed by atoms with Crippen LogP contribution in [0.2, 0.25) is 16.6 Å². The maximum absolute atomic E-state index is 14.0. The monoisotopic (exact) mass is 514 g/mol. The normalized spacial score (nSPS) is 24.2. The summed E-state index contributed by atoms with van der Waals surface area (Å²) in [6.45, 7) is 20.4. The second kappa shape index (κ2) is 11.2. The van der Waals surface area contributed by atoms with E-state index < -0.39 is 13.7 Å². The van der Waals surface area contributed by atoms with Crippen LogP contribution in [0.5, 0.6) is 11.5 Å². The fourth-order valence-electron chi connectivity index (χ4n) is 7.09. The molecule has 200 valence electrons. The Hall–Kier alpha value is -1.89. The second-order valence-corrected chi connectivity index (χ2v) is 17.0. The smallest absolute Gasteiger partial charge is 0.200 e. The number of hydrogen-bond acceptors (Lipinski definition) is 5. The van der Waals surface area contributed by atoms with Gasteiger partial charge in [0.2, 0.25) is 0 Å². The van der Waals surface area contributed by atoms with Gasteiger partial charge in [-0.25, -0.2) is 0 Å². The lowest BCUT2D eigenvalue weighted by Crippen LogP contribution is -2.53. The minimum Gasteiger partial charge on any atom is -0.507 e. The van der Waals surface area contributed by atoms with Crippen molar-refractivity contribution in [1.29, 1.82) is 0 Å². The van der Waals surface area contributed by atoms with Crippen LogP contribution in [0.25, 0.3) is 6.08 Å². The molecule has 1 aromatic rings. The molecule has 5 nitrogen and oxygen atoms in total. The van der Waals surface area contributed by atoms with Crippen LogP contribution in [0.4, 0.5) is 0 Å². The van der Waals surface area contributed by atoms with Gasteiger partial charge < -0.3 is 19.4 Å². The maximum Gasteiger partial charge on any atom is 0.200 e. The van der Waals surface area contributed by atoms with Crippen LogP contribution in [0.1, 0.15) is 96.5 Å². The van der Waals surface area contributed by atoms with Crippen LogP contribution in [0.3, 0.4) is 0 Å². The molecule has 0 unspecified atom stereocenters. The zero-order chi connectivity index (χ0) is 26.8. The predicted molar refractivity (Wildman–Crippen MR) is 149 cm³/mol. The Balaban J connectivity index is 1.96. The summed E-state index contributed by atoms with van der Waals surface area (Å²) in [4.78, 5) is 14.0. The van der Waals surface area contributed by atoms with E-state index in [1.807, 2.05) is 6.08 Å². The van der Waals surface area contributed by atoms with Gasteiger partial charge in [0, 0.05) is 12.2 Å². The quantitative estimate of drug-likeness (QED) is 0.179. The number of hydrogen-bond donors (Lipinski definition) is 2. The number of allylic oxidation sites excluding steroid dienone is 1. The lowest BCUT2D eigenvalue weighted by atomic mass is 9.60. The number of carbonyl (C=O) groups is 1. The second-order valence-electron chi connectivity index (χ2n) is 11.5. The molecule has 1 aliphatic carbocycles. The highest BCUT2D eigenvalue weighted by Gasteiger charge is 2.55. The van der Waals surface area contributed by atoms with E-state index in [9.17, 15) is 15.0 Å². The zero-order valence-corrected chi connectivity index (χ0v) is 24.3. The van der Waals surface area contributed by atoms with Crippen molar-refractivity contribution in [3.05, 3.63) is 41.5 Å². The van der Waals surface area contributed by atoms with E-state index in [4.69, 9.17) is 9.16 Å². The molecule has 0 aromatic heterocycles. The maximum atomic E-state index is 14.0. The van der Waals surface area contributed by atoms with Gasteiger partial charge in [-0.1, -0.05) is 66.5 Å². The molecule has 1 heterocycles. The van der Waals surface area contributed by atoms with Crippen molar-refractivity contribution in [2.75, 3.05) is 6.61 Å². The first-order chi connectivity index (χ1) is 17.0. The Morgan fingerprint density at radius 3 is 2.28 bits per heavy atom. The Labute approximate surface area is 218 Å². The molecule has 1 fully saturated rings. The van der Waals surface area contributed by atoms with Gasteiger partial charge in [0.25, 0.3) is 0 Å². The van der Waals surface area contributed by atoms with Gasteiger partial charge in [-0.05, 0) is 60.5 Å². The summed E-state index contributed by atoms with van der Waals surface area (Å²) in [5.74, 6) is -0.271. The summed E-state index contributed by atoms with van der Waals surface area (Å²) >= 11 is 0. The molecule has 36 heavy (non-hydrogen) atoms. The topological polar surface area (TPSA) is 76.0 Å². The Kier molecular flexibility index (Phi) is 8.95. The molecule has 2 aliphatic rings. The van der Waals surface area contributed by atoms with Crippen LogP contribution in [-0.2, 0) is 9.16 Å². The van der Waals surface area contributed by atoms with Crippen molar-refractivity contribution < 1.29 is 24.2 Å². The van der Waals surface area contributed by atoms with Crippen LogP contribution in [0, 0.1) is 5.41 Å². The fourth-order valence-corrected chi connectivity index (χ4v) is 12.6. The SMILES string of the molecule is C=CC[C@@]12C(=O)c3c(O)ccc(O)c3C=C1C[C@@H](CCO[Si](C(C)C)(C(C)C)C(C)C)O[C@@H]2CCC. The molecular weight excluding hydrogens is 468 g/mol. The number of aromatic hydroxyl groups is 2.